The minimum Gasteiger partial charge on any atom is -0.465 e. The molecule has 0 saturated carbocycles. The Hall–Kier alpha value is -2.63. The molecule has 2 heterocycles. The summed E-state index contributed by atoms with van der Waals surface area (Å²) in [7, 11) is 1.39. The predicted molar refractivity (Wildman–Crippen MR) is 107 cm³/mol. The van der Waals surface area contributed by atoms with Gasteiger partial charge in [0.1, 0.15) is 5.69 Å². The molecule has 0 unspecified atom stereocenters. The molecular formula is C22H29N3O3. The minimum absolute atomic E-state index is 0.0278. The maximum absolute atomic E-state index is 12.6. The van der Waals surface area contributed by atoms with E-state index in [1.165, 1.54) is 12.7 Å². The molecule has 1 aromatic carbocycles. The molecule has 28 heavy (non-hydrogen) atoms. The number of aryl methyl sites for hydroxylation is 1. The first-order valence-corrected chi connectivity index (χ1v) is 9.99. The van der Waals surface area contributed by atoms with Gasteiger partial charge in [-0.3, -0.25) is 9.89 Å². The molecular weight excluding hydrogens is 354 g/mol. The quantitative estimate of drug-likeness (QED) is 0.770. The molecule has 0 atom stereocenters. The molecule has 150 valence electrons. The monoisotopic (exact) mass is 383 g/mol. The Bertz CT molecular complexity index is 803. The summed E-state index contributed by atoms with van der Waals surface area (Å²) in [4.78, 5) is 26.0. The molecule has 1 aliphatic heterocycles. The van der Waals surface area contributed by atoms with Crippen LogP contribution in [0.25, 0.3) is 0 Å². The van der Waals surface area contributed by atoms with Crippen molar-refractivity contribution >= 4 is 11.9 Å². The number of H-pyrrole nitrogens is 1. The number of methoxy groups -OCH3 is 1. The summed E-state index contributed by atoms with van der Waals surface area (Å²) < 4.78 is 4.73. The number of ether oxygens (including phenoxy) is 1. The van der Waals surface area contributed by atoms with Crippen LogP contribution >= 0.6 is 0 Å². The normalized spacial score (nSPS) is 15.1. The van der Waals surface area contributed by atoms with Crippen molar-refractivity contribution in [3.05, 3.63) is 52.8 Å². The average molecular weight is 383 g/mol. The van der Waals surface area contributed by atoms with E-state index < -0.39 is 0 Å². The van der Waals surface area contributed by atoms with Crippen LogP contribution in [0.15, 0.2) is 30.3 Å². The summed E-state index contributed by atoms with van der Waals surface area (Å²) >= 11 is 0. The fraction of sp³-hybridized carbons (Fsp3) is 0.500. The first kappa shape index (κ1) is 20.1. The molecule has 1 saturated heterocycles. The molecule has 1 fully saturated rings. The lowest BCUT2D eigenvalue weighted by atomic mass is 9.90. The van der Waals surface area contributed by atoms with Gasteiger partial charge in [0.15, 0.2) is 0 Å². The summed E-state index contributed by atoms with van der Waals surface area (Å²) in [5, 5.41) is 7.14. The summed E-state index contributed by atoms with van der Waals surface area (Å²) in [6, 6.07) is 9.50. The number of piperidine rings is 1. The maximum Gasteiger partial charge on any atom is 0.337 e. The van der Waals surface area contributed by atoms with E-state index in [1.54, 1.807) is 0 Å². The average Bonchev–Trinajstić information content (AvgIpc) is 3.22. The highest BCUT2D eigenvalue weighted by atomic mass is 16.5. The Kier molecular flexibility index (Phi) is 6.49. The van der Waals surface area contributed by atoms with Crippen LogP contribution in [0.3, 0.4) is 0 Å². The standard InChI is InChI=1S/C22H29N3O3/c1-15(2)19-14-20(24-23-19)21(26)25-12-10-17(11-13-25)5-4-16-6-8-18(9-7-16)22(27)28-3/h6-9,14-15,17H,4-5,10-13H2,1-3H3,(H,23,24). The molecule has 0 aliphatic carbocycles. The Balaban J connectivity index is 1.46. The predicted octanol–water partition coefficient (Wildman–Crippen LogP) is 3.80. The van der Waals surface area contributed by atoms with Gasteiger partial charge < -0.3 is 9.64 Å². The van der Waals surface area contributed by atoms with Gasteiger partial charge in [-0.15, -0.1) is 0 Å². The van der Waals surface area contributed by atoms with E-state index in [2.05, 4.69) is 24.0 Å². The third-order valence-corrected chi connectivity index (χ3v) is 5.56. The van der Waals surface area contributed by atoms with Gasteiger partial charge in [-0.1, -0.05) is 26.0 Å². The second kappa shape index (κ2) is 9.04. The van der Waals surface area contributed by atoms with Crippen molar-refractivity contribution in [3.63, 3.8) is 0 Å². The van der Waals surface area contributed by atoms with E-state index in [1.807, 2.05) is 35.2 Å². The molecule has 6 nitrogen and oxygen atoms in total. The van der Waals surface area contributed by atoms with Crippen LogP contribution < -0.4 is 0 Å². The number of nitrogens with one attached hydrogen (secondary N) is 1. The number of rotatable bonds is 6. The van der Waals surface area contributed by atoms with Gasteiger partial charge >= 0.3 is 5.97 Å². The van der Waals surface area contributed by atoms with Crippen LogP contribution in [0.2, 0.25) is 0 Å². The van der Waals surface area contributed by atoms with E-state index in [4.69, 9.17) is 4.74 Å². The lowest BCUT2D eigenvalue weighted by Crippen LogP contribution is -2.38. The van der Waals surface area contributed by atoms with E-state index >= 15 is 0 Å². The topological polar surface area (TPSA) is 75.3 Å². The van der Waals surface area contributed by atoms with Gasteiger partial charge in [0, 0.05) is 18.8 Å². The summed E-state index contributed by atoms with van der Waals surface area (Å²) in [6.45, 7) is 5.73. The third kappa shape index (κ3) is 4.80. The number of benzene rings is 1. The maximum atomic E-state index is 12.6. The summed E-state index contributed by atoms with van der Waals surface area (Å²) in [5.41, 5.74) is 3.32. The molecule has 0 bridgehead atoms. The largest absolute Gasteiger partial charge is 0.465 e. The van der Waals surface area contributed by atoms with Gasteiger partial charge in [-0.05, 0) is 61.3 Å². The highest BCUT2D eigenvalue weighted by molar-refractivity contribution is 5.92. The molecule has 6 heteroatoms. The number of hydrogen-bond donors (Lipinski definition) is 1. The Morgan fingerprint density at radius 2 is 1.89 bits per heavy atom. The fourth-order valence-corrected chi connectivity index (χ4v) is 3.62. The van der Waals surface area contributed by atoms with Crippen LogP contribution in [0, 0.1) is 5.92 Å². The zero-order valence-corrected chi connectivity index (χ0v) is 16.9. The van der Waals surface area contributed by atoms with Crippen molar-refractivity contribution in [1.82, 2.24) is 15.1 Å². The SMILES string of the molecule is COC(=O)c1ccc(CCC2CCN(C(=O)c3cc(C(C)C)[nH]n3)CC2)cc1. The highest BCUT2D eigenvalue weighted by Crippen LogP contribution is 2.24. The first-order valence-electron chi connectivity index (χ1n) is 9.99. The molecule has 0 radical (unpaired) electrons. The fourth-order valence-electron chi connectivity index (χ4n) is 3.62. The number of esters is 1. The van der Waals surface area contributed by atoms with Crippen molar-refractivity contribution in [2.45, 2.75) is 45.4 Å². The second-order valence-electron chi connectivity index (χ2n) is 7.83. The third-order valence-electron chi connectivity index (χ3n) is 5.56. The van der Waals surface area contributed by atoms with E-state index in [0.29, 0.717) is 23.1 Å². The van der Waals surface area contributed by atoms with Gasteiger partial charge in [0.25, 0.3) is 5.91 Å². The highest BCUT2D eigenvalue weighted by Gasteiger charge is 2.25. The van der Waals surface area contributed by atoms with Crippen molar-refractivity contribution < 1.29 is 14.3 Å². The molecule has 1 aromatic heterocycles. The summed E-state index contributed by atoms with van der Waals surface area (Å²) in [5.74, 6) is 0.678. The van der Waals surface area contributed by atoms with Crippen LogP contribution in [-0.4, -0.2) is 47.2 Å². The number of carbonyl (C=O) groups is 2. The number of aromatic amines is 1. The van der Waals surface area contributed by atoms with Gasteiger partial charge in [-0.25, -0.2) is 4.79 Å². The number of hydrogen-bond acceptors (Lipinski definition) is 4. The second-order valence-corrected chi connectivity index (χ2v) is 7.83. The molecule has 3 rings (SSSR count). The van der Waals surface area contributed by atoms with Crippen LogP contribution in [0.1, 0.15) is 71.1 Å². The lowest BCUT2D eigenvalue weighted by molar-refractivity contribution is 0.0600. The van der Waals surface area contributed by atoms with Crippen molar-refractivity contribution in [1.29, 1.82) is 0 Å². The summed E-state index contributed by atoms with van der Waals surface area (Å²) in [6.07, 6.45) is 4.12. The number of likely N-dealkylation sites (tertiary alicyclic amines) is 1. The number of carbonyl (C=O) groups excluding carboxylic acids is 2. The van der Waals surface area contributed by atoms with Crippen LogP contribution in [0.5, 0.6) is 0 Å². The number of amides is 1. The van der Waals surface area contributed by atoms with Gasteiger partial charge in [0.05, 0.1) is 12.7 Å². The van der Waals surface area contributed by atoms with Crippen LogP contribution in [-0.2, 0) is 11.2 Å². The molecule has 0 spiro atoms. The van der Waals surface area contributed by atoms with Crippen molar-refractivity contribution in [2.24, 2.45) is 5.92 Å². The Labute approximate surface area is 166 Å². The van der Waals surface area contributed by atoms with Crippen molar-refractivity contribution in [3.8, 4) is 0 Å². The van der Waals surface area contributed by atoms with Crippen LogP contribution in [0.4, 0.5) is 0 Å². The molecule has 1 N–H and O–H groups in total. The van der Waals surface area contributed by atoms with E-state index in [-0.39, 0.29) is 11.9 Å². The molecule has 1 amide bonds. The van der Waals surface area contributed by atoms with Gasteiger partial charge in [-0.2, -0.15) is 5.10 Å². The Morgan fingerprint density at radius 3 is 2.46 bits per heavy atom. The molecule has 1 aliphatic rings. The minimum atomic E-state index is -0.305. The smallest absolute Gasteiger partial charge is 0.337 e. The number of aromatic nitrogens is 2. The number of nitrogens with zero attached hydrogens (tertiary/aromatic N) is 2. The zero-order valence-electron chi connectivity index (χ0n) is 16.9. The zero-order chi connectivity index (χ0) is 20.1. The van der Waals surface area contributed by atoms with Crippen molar-refractivity contribution in [2.75, 3.05) is 20.2 Å². The Morgan fingerprint density at radius 1 is 1.21 bits per heavy atom. The lowest BCUT2D eigenvalue weighted by Gasteiger charge is -2.31. The van der Waals surface area contributed by atoms with Gasteiger partial charge in [0.2, 0.25) is 0 Å². The first-order chi connectivity index (χ1) is 13.5. The molecule has 2 aromatic rings. The van der Waals surface area contributed by atoms with E-state index in [9.17, 15) is 9.59 Å². The van der Waals surface area contributed by atoms with E-state index in [0.717, 1.165) is 44.5 Å².